The Balaban J connectivity index is 2.98. The minimum atomic E-state index is -0.777. The average molecular weight is 241 g/mol. The Morgan fingerprint density at radius 1 is 1.41 bits per heavy atom. The van der Waals surface area contributed by atoms with E-state index in [4.69, 9.17) is 9.47 Å². The highest BCUT2D eigenvalue weighted by molar-refractivity contribution is 5.67. The van der Waals surface area contributed by atoms with Crippen LogP contribution < -0.4 is 5.32 Å². The fourth-order valence-corrected chi connectivity index (χ4v) is 1.42. The van der Waals surface area contributed by atoms with Crippen molar-refractivity contribution in [1.82, 2.24) is 5.32 Å². The van der Waals surface area contributed by atoms with Crippen molar-refractivity contribution >= 4 is 6.09 Å². The van der Waals surface area contributed by atoms with E-state index in [-0.39, 0.29) is 0 Å². The Morgan fingerprint density at radius 3 is 2.59 bits per heavy atom. The minimum absolute atomic E-state index is 0.297. The normalized spacial score (nSPS) is 13.9. The van der Waals surface area contributed by atoms with E-state index in [0.29, 0.717) is 5.56 Å². The van der Waals surface area contributed by atoms with Gasteiger partial charge in [0.25, 0.3) is 0 Å². The number of methoxy groups -OCH3 is 1. The monoisotopic (exact) mass is 241 g/mol. The van der Waals surface area contributed by atoms with Gasteiger partial charge < -0.3 is 14.8 Å². The maximum Gasteiger partial charge on any atom is 0.407 e. The first kappa shape index (κ1) is 13.4. The zero-order chi connectivity index (χ0) is 12.8. The van der Waals surface area contributed by atoms with E-state index in [1.807, 2.05) is 0 Å². The molecule has 2 atom stereocenters. The summed E-state index contributed by atoms with van der Waals surface area (Å²) in [5, 5.41) is 2.32. The van der Waals surface area contributed by atoms with Gasteiger partial charge in [0, 0.05) is 19.7 Å². The molecule has 2 unspecified atom stereocenters. The molecule has 0 fully saturated rings. The van der Waals surface area contributed by atoms with Gasteiger partial charge in [-0.3, -0.25) is 0 Å². The molecule has 0 heterocycles. The third kappa shape index (κ3) is 3.42. The summed E-state index contributed by atoms with van der Waals surface area (Å²) >= 11 is 0. The van der Waals surface area contributed by atoms with Crippen LogP contribution in [0.25, 0.3) is 0 Å². The molecular weight excluding hydrogens is 225 g/mol. The SMILES string of the molecule is CNC(=O)OC(c1ccccc1F)C(C)OC. The molecule has 0 radical (unpaired) electrons. The molecule has 1 N–H and O–H groups in total. The van der Waals surface area contributed by atoms with Gasteiger partial charge in [-0.25, -0.2) is 9.18 Å². The van der Waals surface area contributed by atoms with Gasteiger partial charge in [-0.2, -0.15) is 0 Å². The largest absolute Gasteiger partial charge is 0.438 e. The highest BCUT2D eigenvalue weighted by Crippen LogP contribution is 2.25. The molecule has 17 heavy (non-hydrogen) atoms. The molecule has 94 valence electrons. The van der Waals surface area contributed by atoms with Crippen molar-refractivity contribution in [3.05, 3.63) is 35.6 Å². The molecule has 1 rings (SSSR count). The highest BCUT2D eigenvalue weighted by atomic mass is 19.1. The molecule has 0 bridgehead atoms. The van der Waals surface area contributed by atoms with Gasteiger partial charge in [-0.1, -0.05) is 18.2 Å². The smallest absolute Gasteiger partial charge is 0.407 e. The Labute approximate surface area is 99.7 Å². The first-order valence-corrected chi connectivity index (χ1v) is 5.25. The fraction of sp³-hybridized carbons (Fsp3) is 0.417. The molecule has 5 heteroatoms. The molecule has 0 saturated heterocycles. The minimum Gasteiger partial charge on any atom is -0.438 e. The molecule has 1 aromatic rings. The lowest BCUT2D eigenvalue weighted by molar-refractivity contribution is -0.0149. The van der Waals surface area contributed by atoms with Crippen LogP contribution in [-0.4, -0.2) is 26.4 Å². The van der Waals surface area contributed by atoms with Crippen LogP contribution in [0.2, 0.25) is 0 Å². The first-order valence-electron chi connectivity index (χ1n) is 5.25. The second-order valence-electron chi connectivity index (χ2n) is 3.54. The second-order valence-corrected chi connectivity index (χ2v) is 3.54. The summed E-state index contributed by atoms with van der Waals surface area (Å²) in [5.74, 6) is -0.426. The van der Waals surface area contributed by atoms with Gasteiger partial charge in [0.2, 0.25) is 0 Å². The van der Waals surface area contributed by atoms with Gasteiger partial charge in [0.15, 0.2) is 6.10 Å². The predicted octanol–water partition coefficient (Wildman–Crippen LogP) is 2.26. The van der Waals surface area contributed by atoms with Crippen LogP contribution in [0, 0.1) is 5.82 Å². The Bertz CT molecular complexity index is 384. The van der Waals surface area contributed by atoms with Crippen LogP contribution in [0.4, 0.5) is 9.18 Å². The van der Waals surface area contributed by atoms with Gasteiger partial charge in [-0.15, -0.1) is 0 Å². The molecule has 1 aromatic carbocycles. The van der Waals surface area contributed by atoms with E-state index in [2.05, 4.69) is 5.32 Å². The van der Waals surface area contributed by atoms with Gasteiger partial charge >= 0.3 is 6.09 Å². The molecule has 1 amide bonds. The number of carbonyl (C=O) groups is 1. The standard InChI is InChI=1S/C12H16FNO3/c1-8(16-3)11(17-12(15)14-2)9-6-4-5-7-10(9)13/h4-8,11H,1-3H3,(H,14,15). The Hall–Kier alpha value is -1.62. The predicted molar refractivity (Wildman–Crippen MR) is 61.2 cm³/mol. The zero-order valence-corrected chi connectivity index (χ0v) is 10.1. The van der Waals surface area contributed by atoms with Crippen LogP contribution in [0.3, 0.4) is 0 Å². The third-order valence-corrected chi connectivity index (χ3v) is 2.45. The highest BCUT2D eigenvalue weighted by Gasteiger charge is 2.25. The molecule has 0 saturated carbocycles. The average Bonchev–Trinajstić information content (AvgIpc) is 2.35. The van der Waals surface area contributed by atoms with E-state index < -0.39 is 24.1 Å². The van der Waals surface area contributed by atoms with Crippen LogP contribution in [-0.2, 0) is 9.47 Å². The first-order chi connectivity index (χ1) is 8.10. The van der Waals surface area contributed by atoms with Gasteiger partial charge in [0.05, 0.1) is 6.10 Å². The van der Waals surface area contributed by atoms with E-state index in [9.17, 15) is 9.18 Å². The van der Waals surface area contributed by atoms with Crippen molar-refractivity contribution in [3.63, 3.8) is 0 Å². The lowest BCUT2D eigenvalue weighted by Gasteiger charge is -2.23. The van der Waals surface area contributed by atoms with Crippen molar-refractivity contribution < 1.29 is 18.7 Å². The maximum absolute atomic E-state index is 13.6. The number of carbonyl (C=O) groups excluding carboxylic acids is 1. The quantitative estimate of drug-likeness (QED) is 0.879. The number of ether oxygens (including phenoxy) is 2. The van der Waals surface area contributed by atoms with Crippen LogP contribution in [0.1, 0.15) is 18.6 Å². The molecule has 0 aromatic heterocycles. The summed E-state index contributed by atoms with van der Waals surface area (Å²) in [6.45, 7) is 1.71. The summed E-state index contributed by atoms with van der Waals surface area (Å²) in [6.07, 6.45) is -1.84. The molecule has 0 aliphatic heterocycles. The van der Waals surface area contributed by atoms with Crippen molar-refractivity contribution in [2.45, 2.75) is 19.1 Å². The maximum atomic E-state index is 13.6. The van der Waals surface area contributed by atoms with Gasteiger partial charge in [-0.05, 0) is 13.0 Å². The van der Waals surface area contributed by atoms with Crippen molar-refractivity contribution in [3.8, 4) is 0 Å². The third-order valence-electron chi connectivity index (χ3n) is 2.45. The van der Waals surface area contributed by atoms with Crippen molar-refractivity contribution in [1.29, 1.82) is 0 Å². The fourth-order valence-electron chi connectivity index (χ4n) is 1.42. The second kappa shape index (κ2) is 6.20. The van der Waals surface area contributed by atoms with E-state index >= 15 is 0 Å². The Morgan fingerprint density at radius 2 is 2.06 bits per heavy atom. The van der Waals surface area contributed by atoms with E-state index in [1.54, 1.807) is 25.1 Å². The summed E-state index contributed by atoms with van der Waals surface area (Å²) < 4.78 is 23.8. The molecular formula is C12H16FNO3. The topological polar surface area (TPSA) is 47.6 Å². The summed E-state index contributed by atoms with van der Waals surface area (Å²) in [6, 6.07) is 6.14. The number of nitrogens with one attached hydrogen (secondary N) is 1. The zero-order valence-electron chi connectivity index (χ0n) is 10.1. The Kier molecular flexibility index (Phi) is 4.90. The van der Waals surface area contributed by atoms with Crippen molar-refractivity contribution in [2.75, 3.05) is 14.2 Å². The number of alkyl carbamates (subject to hydrolysis) is 1. The molecule has 0 aliphatic carbocycles. The van der Waals surface area contributed by atoms with Crippen LogP contribution >= 0.6 is 0 Å². The van der Waals surface area contributed by atoms with E-state index in [0.717, 1.165) is 0 Å². The molecule has 0 spiro atoms. The van der Waals surface area contributed by atoms with E-state index in [1.165, 1.54) is 20.2 Å². The summed E-state index contributed by atoms with van der Waals surface area (Å²) in [5.41, 5.74) is 0.297. The summed E-state index contributed by atoms with van der Waals surface area (Å²) in [7, 11) is 2.92. The number of hydrogen-bond acceptors (Lipinski definition) is 3. The molecule has 4 nitrogen and oxygen atoms in total. The lowest BCUT2D eigenvalue weighted by atomic mass is 10.0. The number of rotatable bonds is 4. The number of amides is 1. The number of hydrogen-bond donors (Lipinski definition) is 1. The number of benzene rings is 1. The van der Waals surface area contributed by atoms with Crippen LogP contribution in [0.5, 0.6) is 0 Å². The lowest BCUT2D eigenvalue weighted by Crippen LogP contribution is -2.28. The number of halogens is 1. The summed E-state index contributed by atoms with van der Waals surface area (Å²) in [4.78, 5) is 11.2. The molecule has 0 aliphatic rings. The van der Waals surface area contributed by atoms with Crippen molar-refractivity contribution in [2.24, 2.45) is 0 Å². The van der Waals surface area contributed by atoms with Crippen LogP contribution in [0.15, 0.2) is 24.3 Å². The van der Waals surface area contributed by atoms with Gasteiger partial charge in [0.1, 0.15) is 5.82 Å².